The Hall–Kier alpha value is -2.13. The highest BCUT2D eigenvalue weighted by atomic mass is 32.2. The fraction of sp³-hybridized carbons (Fsp3) is 0.286. The van der Waals surface area contributed by atoms with Gasteiger partial charge in [0.05, 0.1) is 12.0 Å². The molecule has 6 nitrogen and oxygen atoms in total. The van der Waals surface area contributed by atoms with E-state index in [1.165, 1.54) is 31.4 Å². The van der Waals surface area contributed by atoms with Gasteiger partial charge in [-0.1, -0.05) is 6.07 Å². The molecule has 1 aliphatic rings. The summed E-state index contributed by atoms with van der Waals surface area (Å²) in [5, 5.41) is -0.392. The molecule has 1 aromatic carbocycles. The number of thioether (sulfide) groups is 1. The lowest BCUT2D eigenvalue weighted by Crippen LogP contribution is -2.33. The Morgan fingerprint density at radius 2 is 2.09 bits per heavy atom. The fourth-order valence-electron chi connectivity index (χ4n) is 1.94. The summed E-state index contributed by atoms with van der Waals surface area (Å²) in [6.07, 6.45) is 1.48. The zero-order chi connectivity index (χ0) is 17.0. The Bertz CT molecular complexity index is 652. The molecule has 0 aromatic heterocycles. The van der Waals surface area contributed by atoms with E-state index in [4.69, 9.17) is 10.5 Å². The van der Waals surface area contributed by atoms with Crippen molar-refractivity contribution in [2.24, 2.45) is 5.73 Å². The molecule has 0 radical (unpaired) electrons. The van der Waals surface area contributed by atoms with Gasteiger partial charge in [0.1, 0.15) is 0 Å². The van der Waals surface area contributed by atoms with E-state index in [9.17, 15) is 18.4 Å². The molecule has 0 aliphatic carbocycles. The number of hydrogen-bond donors (Lipinski definition) is 1. The van der Waals surface area contributed by atoms with Gasteiger partial charge in [-0.2, -0.15) is 8.78 Å². The summed E-state index contributed by atoms with van der Waals surface area (Å²) in [4.78, 5) is 25.1. The van der Waals surface area contributed by atoms with Crippen LogP contribution in [0, 0.1) is 0 Å². The topological polar surface area (TPSA) is 81.9 Å². The third kappa shape index (κ3) is 3.99. The highest BCUT2D eigenvalue weighted by Gasteiger charge is 2.34. The summed E-state index contributed by atoms with van der Waals surface area (Å²) < 4.78 is 33.9. The number of alkyl halides is 2. The minimum atomic E-state index is -2.97. The molecule has 0 saturated carbocycles. The van der Waals surface area contributed by atoms with Gasteiger partial charge in [0, 0.05) is 13.1 Å². The number of imide groups is 1. The number of ether oxygens (including phenoxy) is 2. The smallest absolute Gasteiger partial charge is 0.387 e. The Balaban J connectivity index is 2.26. The monoisotopic (exact) mass is 344 g/mol. The summed E-state index contributed by atoms with van der Waals surface area (Å²) in [7, 11) is 1.31. The van der Waals surface area contributed by atoms with E-state index in [0.29, 0.717) is 5.56 Å². The molecule has 1 aliphatic heterocycles. The third-order valence-corrected chi connectivity index (χ3v) is 3.84. The number of halogens is 2. The summed E-state index contributed by atoms with van der Waals surface area (Å²) >= 11 is 0.796. The SMILES string of the molecule is COc1cc(C=C2SC(=O)N(CCN)C2=O)ccc1OC(F)F. The molecule has 1 heterocycles. The summed E-state index contributed by atoms with van der Waals surface area (Å²) in [6, 6.07) is 4.23. The van der Waals surface area contributed by atoms with Crippen molar-refractivity contribution in [1.82, 2.24) is 4.90 Å². The highest BCUT2D eigenvalue weighted by Crippen LogP contribution is 2.34. The van der Waals surface area contributed by atoms with Crippen LogP contribution in [-0.2, 0) is 4.79 Å². The number of carbonyl (C=O) groups is 2. The Morgan fingerprint density at radius 3 is 2.70 bits per heavy atom. The van der Waals surface area contributed by atoms with E-state index < -0.39 is 17.8 Å². The van der Waals surface area contributed by atoms with E-state index in [2.05, 4.69) is 4.74 Å². The molecular weight excluding hydrogens is 330 g/mol. The molecule has 23 heavy (non-hydrogen) atoms. The average molecular weight is 344 g/mol. The first-order valence-corrected chi connectivity index (χ1v) is 7.36. The normalized spacial score (nSPS) is 16.6. The molecule has 124 valence electrons. The zero-order valence-electron chi connectivity index (χ0n) is 12.1. The largest absolute Gasteiger partial charge is 0.493 e. The number of methoxy groups -OCH3 is 1. The molecule has 2 rings (SSSR count). The van der Waals surface area contributed by atoms with Crippen LogP contribution >= 0.6 is 11.8 Å². The predicted octanol–water partition coefficient (Wildman–Crippen LogP) is 2.29. The number of carbonyl (C=O) groups excluding carboxylic acids is 2. The van der Waals surface area contributed by atoms with Crippen LogP contribution in [0.25, 0.3) is 6.08 Å². The average Bonchev–Trinajstić information content (AvgIpc) is 2.76. The lowest BCUT2D eigenvalue weighted by molar-refractivity contribution is -0.122. The molecule has 1 fully saturated rings. The molecule has 2 amide bonds. The van der Waals surface area contributed by atoms with Crippen molar-refractivity contribution in [3.63, 3.8) is 0 Å². The number of hydrogen-bond acceptors (Lipinski definition) is 6. The van der Waals surface area contributed by atoms with Gasteiger partial charge in [0.25, 0.3) is 11.1 Å². The van der Waals surface area contributed by atoms with Gasteiger partial charge in [-0.15, -0.1) is 0 Å². The number of rotatable bonds is 6. The maximum atomic E-state index is 12.3. The summed E-state index contributed by atoms with van der Waals surface area (Å²) in [5.41, 5.74) is 5.87. The van der Waals surface area contributed by atoms with Crippen molar-refractivity contribution in [1.29, 1.82) is 0 Å². The Labute approximate surface area is 135 Å². The number of benzene rings is 1. The van der Waals surface area contributed by atoms with Crippen LogP contribution in [0.15, 0.2) is 23.1 Å². The Morgan fingerprint density at radius 1 is 1.35 bits per heavy atom. The van der Waals surface area contributed by atoms with Crippen molar-refractivity contribution in [2.75, 3.05) is 20.2 Å². The minimum Gasteiger partial charge on any atom is -0.493 e. The zero-order valence-corrected chi connectivity index (χ0v) is 12.9. The molecular formula is C14H14F2N2O4S. The number of nitrogens with zero attached hydrogens (tertiary/aromatic N) is 1. The first-order chi connectivity index (χ1) is 11.0. The minimum absolute atomic E-state index is 0.0974. The van der Waals surface area contributed by atoms with Crippen LogP contribution in [0.2, 0.25) is 0 Å². The van der Waals surface area contributed by atoms with Crippen molar-refractivity contribution < 1.29 is 27.8 Å². The third-order valence-electron chi connectivity index (χ3n) is 2.93. The van der Waals surface area contributed by atoms with E-state index >= 15 is 0 Å². The first kappa shape index (κ1) is 17.2. The van der Waals surface area contributed by atoms with E-state index in [1.54, 1.807) is 0 Å². The molecule has 2 N–H and O–H groups in total. The second-order valence-corrected chi connectivity index (χ2v) is 5.40. The second-order valence-electron chi connectivity index (χ2n) is 4.41. The highest BCUT2D eigenvalue weighted by molar-refractivity contribution is 8.18. The molecule has 9 heteroatoms. The maximum absolute atomic E-state index is 12.3. The van der Waals surface area contributed by atoms with Gasteiger partial charge in [-0.25, -0.2) is 0 Å². The van der Waals surface area contributed by atoms with Crippen molar-refractivity contribution in [3.8, 4) is 11.5 Å². The standard InChI is InChI=1S/C14H14F2N2O4S/c1-21-10-6-8(2-3-9(10)22-13(15)16)7-11-12(19)18(5-4-17)14(20)23-11/h2-3,6-7,13H,4-5,17H2,1H3. The summed E-state index contributed by atoms with van der Waals surface area (Å²) in [5.74, 6) is -0.451. The van der Waals surface area contributed by atoms with Gasteiger partial charge < -0.3 is 15.2 Å². The first-order valence-electron chi connectivity index (χ1n) is 6.54. The lowest BCUT2D eigenvalue weighted by Gasteiger charge is -2.10. The summed E-state index contributed by atoms with van der Waals surface area (Å²) in [6.45, 7) is -2.65. The van der Waals surface area contributed by atoms with Crippen molar-refractivity contribution in [2.45, 2.75) is 6.61 Å². The van der Waals surface area contributed by atoms with Crippen molar-refractivity contribution >= 4 is 29.0 Å². The van der Waals surface area contributed by atoms with Gasteiger partial charge in [0.15, 0.2) is 11.5 Å². The van der Waals surface area contributed by atoms with Crippen molar-refractivity contribution in [3.05, 3.63) is 28.7 Å². The van der Waals surface area contributed by atoms with Crippen LogP contribution in [0.1, 0.15) is 5.56 Å². The van der Waals surface area contributed by atoms with E-state index in [1.807, 2.05) is 0 Å². The number of nitrogens with two attached hydrogens (primary N) is 1. The molecule has 1 saturated heterocycles. The lowest BCUT2D eigenvalue weighted by atomic mass is 10.2. The van der Waals surface area contributed by atoms with Gasteiger partial charge in [0.2, 0.25) is 0 Å². The number of amides is 2. The van der Waals surface area contributed by atoms with E-state index in [0.717, 1.165) is 16.7 Å². The van der Waals surface area contributed by atoms with Crippen LogP contribution in [0.3, 0.4) is 0 Å². The molecule has 0 bridgehead atoms. The van der Waals surface area contributed by atoms with Gasteiger partial charge >= 0.3 is 6.61 Å². The van der Waals surface area contributed by atoms with E-state index in [-0.39, 0.29) is 29.5 Å². The Kier molecular flexibility index (Phi) is 5.56. The van der Waals surface area contributed by atoms with Crippen LogP contribution in [0.5, 0.6) is 11.5 Å². The predicted molar refractivity (Wildman–Crippen MR) is 81.4 cm³/mol. The molecule has 0 atom stereocenters. The van der Waals surface area contributed by atoms with Crippen LogP contribution in [-0.4, -0.2) is 42.9 Å². The molecule has 0 spiro atoms. The molecule has 0 unspecified atom stereocenters. The molecule has 1 aromatic rings. The quantitative estimate of drug-likeness (QED) is 0.798. The van der Waals surface area contributed by atoms with Gasteiger partial charge in [-0.3, -0.25) is 14.5 Å². The van der Waals surface area contributed by atoms with Crippen LogP contribution < -0.4 is 15.2 Å². The second kappa shape index (κ2) is 7.42. The maximum Gasteiger partial charge on any atom is 0.387 e. The van der Waals surface area contributed by atoms with Gasteiger partial charge in [-0.05, 0) is 35.5 Å². The van der Waals surface area contributed by atoms with Crippen LogP contribution in [0.4, 0.5) is 13.6 Å². The fourth-order valence-corrected chi connectivity index (χ4v) is 2.81.